The maximum absolute atomic E-state index is 13.4. The van der Waals surface area contributed by atoms with Crippen LogP contribution in [0, 0.1) is 11.8 Å². The number of hydrogen-bond donors (Lipinski definition) is 0. The van der Waals surface area contributed by atoms with E-state index in [1.54, 1.807) is 0 Å². The van der Waals surface area contributed by atoms with Crippen molar-refractivity contribution in [1.29, 1.82) is 0 Å². The fourth-order valence-electron chi connectivity index (χ4n) is 2.09. The van der Waals surface area contributed by atoms with E-state index in [1.165, 1.54) is 13.8 Å². The van der Waals surface area contributed by atoms with Crippen LogP contribution in [0.4, 0.5) is 52.7 Å². The van der Waals surface area contributed by atoms with Gasteiger partial charge in [-0.2, -0.15) is 43.9 Å². The van der Waals surface area contributed by atoms with Gasteiger partial charge in [-0.05, 0) is 33.6 Å². The van der Waals surface area contributed by atoms with Gasteiger partial charge in [0.2, 0.25) is 0 Å². The summed E-state index contributed by atoms with van der Waals surface area (Å²) in [6, 6.07) is 0. The van der Waals surface area contributed by atoms with E-state index >= 15 is 0 Å². The van der Waals surface area contributed by atoms with Gasteiger partial charge in [0.25, 0.3) is 0 Å². The van der Waals surface area contributed by atoms with Crippen LogP contribution in [0.3, 0.4) is 0 Å². The Bertz CT molecular complexity index is 764. The Kier molecular flexibility index (Phi) is 13.5. The van der Waals surface area contributed by atoms with Crippen molar-refractivity contribution in [2.45, 2.75) is 109 Å². The number of halogens is 12. The van der Waals surface area contributed by atoms with Crippen LogP contribution in [0.1, 0.15) is 67.7 Å². The zero-order valence-electron chi connectivity index (χ0n) is 21.7. The fourth-order valence-corrected chi connectivity index (χ4v) is 2.09. The van der Waals surface area contributed by atoms with Gasteiger partial charge in [0, 0.05) is 0 Å². The Morgan fingerprint density at radius 2 is 1.08 bits per heavy atom. The molecule has 0 aliphatic rings. The van der Waals surface area contributed by atoms with Crippen molar-refractivity contribution in [2.75, 3.05) is 6.61 Å². The molecule has 0 aliphatic heterocycles. The highest BCUT2D eigenvalue weighted by atomic mass is 19.4. The third-order valence-electron chi connectivity index (χ3n) is 5.04. The van der Waals surface area contributed by atoms with Crippen LogP contribution in [0.25, 0.3) is 0 Å². The number of esters is 2. The van der Waals surface area contributed by atoms with Crippen LogP contribution in [0.5, 0.6) is 0 Å². The minimum absolute atomic E-state index is 0.0224. The van der Waals surface area contributed by atoms with Crippen LogP contribution in [0.15, 0.2) is 0 Å². The molecule has 0 N–H and O–H groups in total. The van der Waals surface area contributed by atoms with E-state index in [4.69, 9.17) is 4.74 Å². The molecule has 4 nitrogen and oxygen atoms in total. The zero-order valence-corrected chi connectivity index (χ0v) is 21.7. The Labute approximate surface area is 212 Å². The number of ether oxygens (including phenoxy) is 2. The molecule has 0 spiro atoms. The molecule has 0 saturated carbocycles. The molecule has 0 fully saturated rings. The normalized spacial score (nSPS) is 15.4. The highest BCUT2D eigenvalue weighted by Gasteiger charge is 2.87. The summed E-state index contributed by atoms with van der Waals surface area (Å²) in [6.45, 7) is 10.5. The predicted octanol–water partition coefficient (Wildman–Crippen LogP) is 7.78. The summed E-state index contributed by atoms with van der Waals surface area (Å²) in [6.07, 6.45) is -7.03. The molecule has 0 bridgehead atoms. The summed E-state index contributed by atoms with van der Waals surface area (Å²) < 4.78 is 164. The molecular weight excluding hydrogens is 556 g/mol. The Hall–Kier alpha value is -1.90. The quantitative estimate of drug-likeness (QED) is 0.173. The summed E-state index contributed by atoms with van der Waals surface area (Å²) in [5.41, 5.74) is -0.347. The monoisotopic (exact) mass is 588 g/mol. The summed E-state index contributed by atoms with van der Waals surface area (Å²) in [4.78, 5) is 22.3. The van der Waals surface area contributed by atoms with Gasteiger partial charge in [-0.25, -0.2) is 8.78 Å². The molecule has 38 heavy (non-hydrogen) atoms. The zero-order chi connectivity index (χ0) is 31.1. The van der Waals surface area contributed by atoms with Gasteiger partial charge in [-0.3, -0.25) is 9.59 Å². The molecule has 0 rings (SSSR count). The molecule has 16 heteroatoms. The second-order valence-corrected chi connectivity index (χ2v) is 9.42. The van der Waals surface area contributed by atoms with E-state index < -0.39 is 61.0 Å². The Morgan fingerprint density at radius 1 is 0.684 bits per heavy atom. The lowest BCUT2D eigenvalue weighted by Gasteiger charge is -2.39. The number of carbonyl (C=O) groups excluding carboxylic acids is 2. The van der Waals surface area contributed by atoms with E-state index in [0.29, 0.717) is 0 Å². The van der Waals surface area contributed by atoms with E-state index in [0.717, 1.165) is 6.42 Å². The molecule has 0 saturated heterocycles. The van der Waals surface area contributed by atoms with Crippen molar-refractivity contribution >= 4 is 11.9 Å². The second kappa shape index (κ2) is 13.4. The second-order valence-electron chi connectivity index (χ2n) is 9.42. The SMILES string of the molecule is CCC(C)C(=O)OC(C)(C)C.CCC(C)C(=O)OCCC(F)(F)C(F)(F)C(F)(F)C(F)(F)C(F)(F)C(F)F. The van der Waals surface area contributed by atoms with Crippen molar-refractivity contribution in [2.24, 2.45) is 11.8 Å². The lowest BCUT2D eigenvalue weighted by atomic mass is 9.93. The van der Waals surface area contributed by atoms with Crippen molar-refractivity contribution in [3.8, 4) is 0 Å². The third kappa shape index (κ3) is 9.09. The lowest BCUT2D eigenvalue weighted by Crippen LogP contribution is -2.68. The molecule has 0 aromatic rings. The van der Waals surface area contributed by atoms with Crippen LogP contribution in [-0.4, -0.2) is 60.2 Å². The average molecular weight is 588 g/mol. The molecule has 0 aromatic carbocycles. The summed E-state index contributed by atoms with van der Waals surface area (Å²) in [7, 11) is 0. The summed E-state index contributed by atoms with van der Waals surface area (Å²) in [5, 5.41) is 0. The molecule has 228 valence electrons. The molecule has 0 radical (unpaired) electrons. The smallest absolute Gasteiger partial charge is 0.384 e. The summed E-state index contributed by atoms with van der Waals surface area (Å²) in [5.74, 6) is -37.6. The van der Waals surface area contributed by atoms with Gasteiger partial charge in [0.15, 0.2) is 0 Å². The first-order valence-corrected chi connectivity index (χ1v) is 11.2. The maximum atomic E-state index is 13.4. The molecule has 2 atom stereocenters. The highest BCUT2D eigenvalue weighted by molar-refractivity contribution is 5.72. The molecule has 0 aliphatic carbocycles. The van der Waals surface area contributed by atoms with E-state index in [9.17, 15) is 62.3 Å². The largest absolute Gasteiger partial charge is 0.465 e. The Balaban J connectivity index is 0. The van der Waals surface area contributed by atoms with Crippen molar-refractivity contribution < 1.29 is 71.7 Å². The van der Waals surface area contributed by atoms with Gasteiger partial charge < -0.3 is 9.47 Å². The fraction of sp³-hybridized carbons (Fsp3) is 0.909. The molecule has 0 heterocycles. The first-order chi connectivity index (χ1) is 16.7. The van der Waals surface area contributed by atoms with Crippen LogP contribution in [-0.2, 0) is 19.1 Å². The standard InChI is InChI=1S/C13H14F12O2.C9H18O2/c1-3-6(2)7(26)27-5-4-9(16,17)11(20,21)13(24,25)12(22,23)10(18,19)8(14)15;1-6-7(2)8(10)11-9(3,4)5/h6,8H,3-5H2,1-2H3;7H,6H2,1-5H3. The first kappa shape index (κ1) is 38.2. The van der Waals surface area contributed by atoms with Gasteiger partial charge in [-0.15, -0.1) is 0 Å². The average Bonchev–Trinajstić information content (AvgIpc) is 2.76. The molecule has 0 aromatic heterocycles. The van der Waals surface area contributed by atoms with Crippen LogP contribution in [0.2, 0.25) is 0 Å². The molecule has 0 amide bonds. The third-order valence-corrected chi connectivity index (χ3v) is 5.04. The van der Waals surface area contributed by atoms with Crippen LogP contribution >= 0.6 is 0 Å². The molecule has 2 unspecified atom stereocenters. The topological polar surface area (TPSA) is 52.6 Å². The highest BCUT2D eigenvalue weighted by Crippen LogP contribution is 2.58. The number of rotatable bonds is 12. The van der Waals surface area contributed by atoms with Gasteiger partial charge in [-0.1, -0.05) is 27.7 Å². The Morgan fingerprint density at radius 3 is 1.42 bits per heavy atom. The summed E-state index contributed by atoms with van der Waals surface area (Å²) >= 11 is 0. The van der Waals surface area contributed by atoms with Crippen LogP contribution < -0.4 is 0 Å². The van der Waals surface area contributed by atoms with Crippen molar-refractivity contribution in [1.82, 2.24) is 0 Å². The van der Waals surface area contributed by atoms with E-state index in [1.807, 2.05) is 34.6 Å². The van der Waals surface area contributed by atoms with Crippen molar-refractivity contribution in [3.63, 3.8) is 0 Å². The lowest BCUT2D eigenvalue weighted by molar-refractivity contribution is -0.413. The van der Waals surface area contributed by atoms with Gasteiger partial charge in [0.05, 0.1) is 24.9 Å². The van der Waals surface area contributed by atoms with Gasteiger partial charge >= 0.3 is 48.0 Å². The maximum Gasteiger partial charge on any atom is 0.384 e. The predicted molar refractivity (Wildman–Crippen MR) is 111 cm³/mol. The number of alkyl halides is 12. The van der Waals surface area contributed by atoms with Crippen molar-refractivity contribution in [3.05, 3.63) is 0 Å². The minimum Gasteiger partial charge on any atom is -0.465 e. The van der Waals surface area contributed by atoms with Gasteiger partial charge in [0.1, 0.15) is 5.60 Å². The number of carbonyl (C=O) groups is 2. The number of hydrogen-bond acceptors (Lipinski definition) is 4. The van der Waals surface area contributed by atoms with E-state index in [2.05, 4.69) is 4.74 Å². The van der Waals surface area contributed by atoms with E-state index in [-0.39, 0.29) is 23.9 Å². The minimum atomic E-state index is -7.57. The first-order valence-electron chi connectivity index (χ1n) is 11.2. The molecular formula is C22H32F12O4.